The van der Waals surface area contributed by atoms with E-state index in [4.69, 9.17) is 64.4 Å². The molecule has 1 saturated heterocycles. The third-order valence-electron chi connectivity index (χ3n) is 7.31. The third kappa shape index (κ3) is 28.9. The summed E-state index contributed by atoms with van der Waals surface area (Å²) in [5.74, 6) is -5.29. The highest BCUT2D eigenvalue weighted by atomic mass is 16.4. The molecule has 2 heterocycles. The minimum atomic E-state index is -1.02. The Labute approximate surface area is 319 Å². The molecule has 21 nitrogen and oxygen atoms in total. The number of hydrogen-bond acceptors (Lipinski definition) is 14. The smallest absolute Gasteiger partial charge is 0.320 e. The molecule has 0 amide bonds. The van der Waals surface area contributed by atoms with Crippen LogP contribution in [0.2, 0.25) is 0 Å². The molecular weight excluding hydrogens is 728 g/mol. The van der Waals surface area contributed by atoms with Gasteiger partial charge in [0.2, 0.25) is 0 Å². The Morgan fingerprint density at radius 2 is 1.22 bits per heavy atom. The monoisotopic (exact) mass is 788 g/mol. The molecular formula is C34H60N8O13. The molecule has 1 aliphatic rings. The fraction of sp³-hybridized carbons (Fsp3) is 0.559. The first-order valence-corrected chi connectivity index (χ1v) is 17.0. The van der Waals surface area contributed by atoms with Crippen LogP contribution in [-0.2, 0) is 41.6 Å². The molecule has 0 aliphatic carbocycles. The van der Waals surface area contributed by atoms with Crippen molar-refractivity contribution in [2.75, 3.05) is 6.54 Å². The number of imidazole rings is 1. The van der Waals surface area contributed by atoms with Crippen molar-refractivity contribution < 1.29 is 64.5 Å². The Balaban J connectivity index is -0.000000600. The number of phenols is 1. The van der Waals surface area contributed by atoms with E-state index >= 15 is 0 Å². The van der Waals surface area contributed by atoms with E-state index in [9.17, 15) is 28.8 Å². The van der Waals surface area contributed by atoms with E-state index in [2.05, 4.69) is 15.3 Å². The van der Waals surface area contributed by atoms with E-state index < -0.39 is 66.0 Å². The fourth-order valence-electron chi connectivity index (χ4n) is 3.37. The van der Waals surface area contributed by atoms with Gasteiger partial charge in [-0.3, -0.25) is 28.8 Å². The maximum Gasteiger partial charge on any atom is 0.320 e. The molecule has 0 saturated carbocycles. The van der Waals surface area contributed by atoms with Crippen molar-refractivity contribution in [2.45, 2.75) is 103 Å². The predicted molar refractivity (Wildman–Crippen MR) is 201 cm³/mol. The number of phenolic OH excluding ortho intramolecular Hbond substituents is 1. The van der Waals surface area contributed by atoms with E-state index in [0.717, 1.165) is 37.1 Å². The molecule has 19 N–H and O–H groups in total. The van der Waals surface area contributed by atoms with E-state index in [1.807, 2.05) is 13.8 Å². The zero-order chi connectivity index (χ0) is 43.4. The fourth-order valence-corrected chi connectivity index (χ4v) is 3.37. The number of nitrogens with two attached hydrogens (primary N) is 5. The summed E-state index contributed by atoms with van der Waals surface area (Å²) >= 11 is 0. The van der Waals surface area contributed by atoms with Gasteiger partial charge in [0.15, 0.2) is 0 Å². The van der Waals surface area contributed by atoms with E-state index in [0.29, 0.717) is 0 Å². The van der Waals surface area contributed by atoms with Gasteiger partial charge in [-0.05, 0) is 62.3 Å². The van der Waals surface area contributed by atoms with Gasteiger partial charge in [0.25, 0.3) is 0 Å². The lowest BCUT2D eigenvalue weighted by atomic mass is 10.0. The van der Waals surface area contributed by atoms with Crippen LogP contribution in [0, 0.1) is 11.8 Å². The third-order valence-corrected chi connectivity index (χ3v) is 7.31. The maximum atomic E-state index is 10.4. The Morgan fingerprint density at radius 3 is 1.47 bits per heavy atom. The van der Waals surface area contributed by atoms with Gasteiger partial charge in [-0.1, -0.05) is 46.2 Å². The first kappa shape index (κ1) is 54.2. The van der Waals surface area contributed by atoms with Crippen molar-refractivity contribution in [3.63, 3.8) is 0 Å². The Hall–Kier alpha value is -5.19. The number of carboxylic acids is 6. The molecule has 0 unspecified atom stereocenters. The Bertz CT molecular complexity index is 1380. The lowest BCUT2D eigenvalue weighted by Gasteiger charge is -2.11. The first-order valence-electron chi connectivity index (χ1n) is 17.0. The molecule has 314 valence electrons. The Kier molecular flexibility index (Phi) is 29.7. The number of carbonyl (C=O) groups is 6. The van der Waals surface area contributed by atoms with Gasteiger partial charge in [-0.2, -0.15) is 0 Å². The first-order chi connectivity index (χ1) is 25.4. The number of aromatic amines is 1. The van der Waals surface area contributed by atoms with Gasteiger partial charge in [-0.25, -0.2) is 4.98 Å². The van der Waals surface area contributed by atoms with Crippen LogP contribution in [0.4, 0.5) is 0 Å². The van der Waals surface area contributed by atoms with Gasteiger partial charge in [0.1, 0.15) is 42.0 Å². The lowest BCUT2D eigenvalue weighted by molar-refractivity contribution is -0.140. The van der Waals surface area contributed by atoms with Crippen LogP contribution in [0.5, 0.6) is 5.75 Å². The topological polar surface area (TPSA) is 415 Å². The summed E-state index contributed by atoms with van der Waals surface area (Å²) in [5, 5.41) is 61.6. The highest BCUT2D eigenvalue weighted by Crippen LogP contribution is 2.11. The summed E-state index contributed by atoms with van der Waals surface area (Å²) in [6.45, 7) is 9.59. The predicted octanol–water partition coefficient (Wildman–Crippen LogP) is -0.549. The van der Waals surface area contributed by atoms with Crippen LogP contribution in [0.15, 0.2) is 36.8 Å². The molecule has 7 atom stereocenters. The van der Waals surface area contributed by atoms with E-state index in [-0.39, 0.29) is 36.5 Å². The van der Waals surface area contributed by atoms with Crippen LogP contribution in [0.25, 0.3) is 0 Å². The summed E-state index contributed by atoms with van der Waals surface area (Å²) in [4.78, 5) is 67.1. The summed E-state index contributed by atoms with van der Waals surface area (Å²) in [5.41, 5.74) is 27.4. The average molecular weight is 789 g/mol. The maximum absolute atomic E-state index is 10.4. The number of nitrogens with zero attached hydrogens (tertiary/aromatic N) is 1. The molecule has 1 fully saturated rings. The number of aliphatic carboxylic acids is 6. The molecule has 2 aromatic rings. The lowest BCUT2D eigenvalue weighted by Crippen LogP contribution is -2.36. The van der Waals surface area contributed by atoms with Crippen LogP contribution >= 0.6 is 0 Å². The Morgan fingerprint density at radius 1 is 0.745 bits per heavy atom. The number of nitrogens with one attached hydrogen (secondary N) is 2. The van der Waals surface area contributed by atoms with Crippen molar-refractivity contribution in [1.29, 1.82) is 0 Å². The van der Waals surface area contributed by atoms with Crippen molar-refractivity contribution in [3.05, 3.63) is 48.0 Å². The zero-order valence-corrected chi connectivity index (χ0v) is 31.7. The molecule has 0 radical (unpaired) electrons. The van der Waals surface area contributed by atoms with Gasteiger partial charge in [-0.15, -0.1) is 0 Å². The van der Waals surface area contributed by atoms with E-state index in [1.165, 1.54) is 25.4 Å². The van der Waals surface area contributed by atoms with Gasteiger partial charge < -0.3 is 74.7 Å². The van der Waals surface area contributed by atoms with Crippen LogP contribution < -0.4 is 34.0 Å². The SMILES string of the molecule is CC(C)[C@H](N)C(=O)O.CC[C@H](C)[C@H](N)C(=O)O.C[C@@H](N)C(=O)O.N[C@@H](Cc1ccc(O)cc1)C(=O)O.N[C@@H](Cc1cnc[nH]1)C(=O)O.O=C(O)[C@@H]1CCCN1. The summed E-state index contributed by atoms with van der Waals surface area (Å²) in [6.07, 6.45) is 6.21. The second-order valence-electron chi connectivity index (χ2n) is 12.5. The van der Waals surface area contributed by atoms with Crippen molar-refractivity contribution >= 4 is 35.8 Å². The molecule has 3 rings (SSSR count). The highest BCUT2D eigenvalue weighted by Gasteiger charge is 2.20. The highest BCUT2D eigenvalue weighted by molar-refractivity contribution is 5.75. The van der Waals surface area contributed by atoms with E-state index in [1.54, 1.807) is 32.2 Å². The van der Waals surface area contributed by atoms with Crippen LogP contribution in [0.1, 0.15) is 65.1 Å². The van der Waals surface area contributed by atoms with Crippen LogP contribution in [-0.4, -0.2) is 124 Å². The molecule has 1 aromatic carbocycles. The molecule has 1 aromatic heterocycles. The number of benzene rings is 1. The molecule has 21 heteroatoms. The summed E-state index contributed by atoms with van der Waals surface area (Å²) in [6, 6.07) is 2.16. The number of aromatic hydroxyl groups is 1. The molecule has 0 spiro atoms. The van der Waals surface area contributed by atoms with Crippen LogP contribution in [0.3, 0.4) is 0 Å². The number of rotatable bonds is 13. The zero-order valence-electron chi connectivity index (χ0n) is 31.7. The molecule has 1 aliphatic heterocycles. The average Bonchev–Trinajstić information content (AvgIpc) is 3.85. The normalized spacial score (nSPS) is 15.9. The minimum absolute atomic E-state index is 0.0208. The van der Waals surface area contributed by atoms with Gasteiger partial charge in [0, 0.05) is 18.3 Å². The second-order valence-corrected chi connectivity index (χ2v) is 12.5. The number of carboxylic acid groups (broad SMARTS) is 6. The van der Waals surface area contributed by atoms with Gasteiger partial charge in [0.05, 0.1) is 6.33 Å². The second kappa shape index (κ2) is 30.2. The summed E-state index contributed by atoms with van der Waals surface area (Å²) in [7, 11) is 0. The van der Waals surface area contributed by atoms with Crippen molar-refractivity contribution in [1.82, 2.24) is 15.3 Å². The molecule has 0 bridgehead atoms. The summed E-state index contributed by atoms with van der Waals surface area (Å²) < 4.78 is 0. The number of hydrogen-bond donors (Lipinski definition) is 14. The standard InChI is InChI=1S/C9H11NO3.C6H9N3O2.C6H13NO2.C5H9NO2.C5H11NO2.C3H7NO2/c10-8(9(12)13)5-6-1-3-7(11)4-2-6;7-5(6(10)11)1-4-2-8-3-9-4;1-3-4(2)5(7)6(8)9;7-5(8)4-2-1-3-6-4;1-3(2)4(6)5(7)8;1-2(4)3(5)6/h1-4,8,11H,5,10H2,(H,12,13);2-3,5H,1,7H2,(H,8,9)(H,10,11);4-5H,3,7H2,1-2H3,(H,8,9);4,6H,1-3H2,(H,7,8);3-4H,6H2,1-2H3,(H,7,8);2H,4H2,1H3,(H,5,6)/t8-;5-;4-,5-;2*4-;2-/m000001/s1. The number of H-pyrrole nitrogens is 1. The van der Waals surface area contributed by atoms with Crippen molar-refractivity contribution in [3.8, 4) is 5.75 Å². The van der Waals surface area contributed by atoms with Crippen molar-refractivity contribution in [2.24, 2.45) is 40.5 Å². The minimum Gasteiger partial charge on any atom is -0.508 e. The quantitative estimate of drug-likeness (QED) is 0.121. The van der Waals surface area contributed by atoms with Gasteiger partial charge >= 0.3 is 35.8 Å². The number of aromatic nitrogens is 2. The largest absolute Gasteiger partial charge is 0.508 e. The molecule has 55 heavy (non-hydrogen) atoms.